The molecule has 2 rings (SSSR count). The van der Waals surface area contributed by atoms with E-state index < -0.39 is 6.03 Å². The number of nitrogens with one attached hydrogen (secondary N) is 1. The summed E-state index contributed by atoms with van der Waals surface area (Å²) >= 11 is 11.7. The van der Waals surface area contributed by atoms with Crippen LogP contribution in [-0.4, -0.2) is 21.2 Å². The Bertz CT molecular complexity index is 522. The first-order chi connectivity index (χ1) is 8.08. The Morgan fingerprint density at radius 2 is 1.94 bits per heavy atom. The molecule has 0 saturated heterocycles. The van der Waals surface area contributed by atoms with Crippen molar-refractivity contribution in [2.45, 2.75) is 0 Å². The van der Waals surface area contributed by atoms with Crippen LogP contribution in [0.15, 0.2) is 24.5 Å². The minimum atomic E-state index is -0.722. The molecule has 0 radical (unpaired) electrons. The van der Waals surface area contributed by atoms with Crippen LogP contribution in [-0.2, 0) is 0 Å². The van der Waals surface area contributed by atoms with E-state index in [1.165, 1.54) is 6.33 Å². The largest absolute Gasteiger partial charge is 0.351 e. The topological polar surface area (TPSA) is 87.9 Å². The monoisotopic (exact) mass is 271 g/mol. The maximum Gasteiger partial charge on any atom is 0.326 e. The Morgan fingerprint density at radius 1 is 1.29 bits per heavy atom. The van der Waals surface area contributed by atoms with Crippen LogP contribution < -0.4 is 10.6 Å². The van der Waals surface area contributed by atoms with E-state index in [1.54, 1.807) is 18.2 Å². The number of nitrogens with two attached hydrogens (primary N) is 1. The average molecular weight is 272 g/mol. The molecule has 0 aliphatic carbocycles. The van der Waals surface area contributed by atoms with Gasteiger partial charge in [-0.1, -0.05) is 23.2 Å². The predicted molar refractivity (Wildman–Crippen MR) is 64.6 cm³/mol. The molecule has 0 saturated carbocycles. The third kappa shape index (κ3) is 2.48. The second-order valence-corrected chi connectivity index (χ2v) is 3.98. The Labute approximate surface area is 106 Å². The Hall–Kier alpha value is -1.79. The molecule has 1 aromatic carbocycles. The lowest BCUT2D eigenvalue weighted by molar-refractivity contribution is 0.256. The second-order valence-electron chi connectivity index (χ2n) is 3.11. The zero-order chi connectivity index (χ0) is 12.4. The molecule has 0 atom stereocenters. The van der Waals surface area contributed by atoms with E-state index in [1.807, 2.05) is 0 Å². The third-order valence-electron chi connectivity index (χ3n) is 1.94. The highest BCUT2D eigenvalue weighted by Gasteiger charge is 2.18. The van der Waals surface area contributed by atoms with Gasteiger partial charge in [0, 0.05) is 10.0 Å². The quantitative estimate of drug-likeness (QED) is 0.879. The Morgan fingerprint density at radius 3 is 2.41 bits per heavy atom. The number of urea groups is 1. The molecule has 6 nitrogen and oxygen atoms in total. The third-order valence-corrected chi connectivity index (χ3v) is 2.38. The summed E-state index contributed by atoms with van der Waals surface area (Å²) in [5.74, 6) is 0.191. The molecule has 0 spiro atoms. The van der Waals surface area contributed by atoms with Gasteiger partial charge in [-0.15, -0.1) is 0 Å². The second kappa shape index (κ2) is 4.60. The van der Waals surface area contributed by atoms with E-state index >= 15 is 0 Å². The molecule has 8 heteroatoms. The number of rotatable bonds is 2. The molecule has 0 aliphatic rings. The minimum absolute atomic E-state index is 0.191. The van der Waals surface area contributed by atoms with Gasteiger partial charge in [0.05, 0.1) is 5.69 Å². The average Bonchev–Trinajstić information content (AvgIpc) is 2.68. The van der Waals surface area contributed by atoms with Crippen molar-refractivity contribution in [1.29, 1.82) is 0 Å². The number of aromatic nitrogens is 3. The summed E-state index contributed by atoms with van der Waals surface area (Å²) in [5.41, 5.74) is 5.68. The van der Waals surface area contributed by atoms with Crippen molar-refractivity contribution >= 4 is 40.9 Å². The van der Waals surface area contributed by atoms with Crippen LogP contribution in [0.1, 0.15) is 0 Å². The number of carbonyl (C=O) groups is 1. The molecule has 17 heavy (non-hydrogen) atoms. The van der Waals surface area contributed by atoms with E-state index in [0.717, 1.165) is 4.90 Å². The minimum Gasteiger partial charge on any atom is -0.351 e. The van der Waals surface area contributed by atoms with E-state index in [-0.39, 0.29) is 5.95 Å². The molecule has 1 heterocycles. The highest BCUT2D eigenvalue weighted by Crippen LogP contribution is 2.28. The summed E-state index contributed by atoms with van der Waals surface area (Å²) < 4.78 is 0. The van der Waals surface area contributed by atoms with Gasteiger partial charge in [-0.3, -0.25) is 0 Å². The van der Waals surface area contributed by atoms with Gasteiger partial charge in [0.1, 0.15) is 6.33 Å². The zero-order valence-corrected chi connectivity index (χ0v) is 9.90. The van der Waals surface area contributed by atoms with Crippen molar-refractivity contribution in [1.82, 2.24) is 15.2 Å². The first-order valence-electron chi connectivity index (χ1n) is 4.49. The number of H-pyrrole nitrogens is 1. The van der Waals surface area contributed by atoms with Crippen molar-refractivity contribution < 1.29 is 4.79 Å². The van der Waals surface area contributed by atoms with Crippen LogP contribution in [0.4, 0.5) is 16.4 Å². The molecule has 2 aromatic rings. The van der Waals surface area contributed by atoms with E-state index in [2.05, 4.69) is 15.2 Å². The number of amides is 2. The standard InChI is InChI=1S/C9H7Cl2N5O/c10-5-1-6(11)3-7(2-5)16(8(12)17)9-13-4-14-15-9/h1-4H,(H2,12,17)(H,13,14,15). The number of benzene rings is 1. The van der Waals surface area contributed by atoms with Gasteiger partial charge in [-0.25, -0.2) is 14.8 Å². The van der Waals surface area contributed by atoms with Crippen LogP contribution in [0.25, 0.3) is 0 Å². The van der Waals surface area contributed by atoms with Crippen LogP contribution in [0, 0.1) is 0 Å². The number of hydrogen-bond acceptors (Lipinski definition) is 3. The van der Waals surface area contributed by atoms with Gasteiger partial charge < -0.3 is 5.73 Å². The molecule has 3 N–H and O–H groups in total. The maximum atomic E-state index is 11.4. The predicted octanol–water partition coefficient (Wildman–Crippen LogP) is 2.33. The normalized spacial score (nSPS) is 10.2. The Kier molecular flexibility index (Phi) is 3.16. The summed E-state index contributed by atoms with van der Waals surface area (Å²) in [7, 11) is 0. The smallest absolute Gasteiger partial charge is 0.326 e. The van der Waals surface area contributed by atoms with E-state index in [0.29, 0.717) is 15.7 Å². The molecule has 88 valence electrons. The lowest BCUT2D eigenvalue weighted by atomic mass is 10.3. The summed E-state index contributed by atoms with van der Waals surface area (Å²) in [5, 5.41) is 6.95. The fourth-order valence-electron chi connectivity index (χ4n) is 1.33. The first kappa shape index (κ1) is 11.7. The fraction of sp³-hybridized carbons (Fsp3) is 0. The zero-order valence-electron chi connectivity index (χ0n) is 8.39. The van der Waals surface area contributed by atoms with Gasteiger partial charge in [0.15, 0.2) is 0 Å². The van der Waals surface area contributed by atoms with Crippen LogP contribution in [0.2, 0.25) is 10.0 Å². The number of aromatic amines is 1. The number of halogens is 2. The Balaban J connectivity index is 2.50. The lowest BCUT2D eigenvalue weighted by Crippen LogP contribution is -2.32. The maximum absolute atomic E-state index is 11.4. The number of nitrogens with zero attached hydrogens (tertiary/aromatic N) is 3. The highest BCUT2D eigenvalue weighted by atomic mass is 35.5. The van der Waals surface area contributed by atoms with Crippen LogP contribution in [0.3, 0.4) is 0 Å². The van der Waals surface area contributed by atoms with Crippen molar-refractivity contribution in [3.05, 3.63) is 34.6 Å². The summed E-state index contributed by atoms with van der Waals surface area (Å²) in [6.45, 7) is 0. The summed E-state index contributed by atoms with van der Waals surface area (Å²) in [4.78, 5) is 16.4. The molecule has 0 fully saturated rings. The van der Waals surface area contributed by atoms with Crippen molar-refractivity contribution in [3.8, 4) is 0 Å². The molecule has 1 aromatic heterocycles. The fourth-order valence-corrected chi connectivity index (χ4v) is 1.84. The van der Waals surface area contributed by atoms with Gasteiger partial charge in [-0.2, -0.15) is 10.1 Å². The van der Waals surface area contributed by atoms with Gasteiger partial charge in [0.2, 0.25) is 5.95 Å². The van der Waals surface area contributed by atoms with Gasteiger partial charge in [-0.05, 0) is 18.2 Å². The van der Waals surface area contributed by atoms with Crippen LogP contribution in [0.5, 0.6) is 0 Å². The van der Waals surface area contributed by atoms with Crippen LogP contribution >= 0.6 is 23.2 Å². The summed E-state index contributed by atoms with van der Waals surface area (Å²) in [6, 6.07) is 3.91. The number of anilines is 2. The van der Waals surface area contributed by atoms with Crippen molar-refractivity contribution in [3.63, 3.8) is 0 Å². The molecular weight excluding hydrogens is 265 g/mol. The van der Waals surface area contributed by atoms with Crippen molar-refractivity contribution in [2.24, 2.45) is 5.73 Å². The molecule has 2 amide bonds. The number of primary amides is 1. The molecule has 0 bridgehead atoms. The highest BCUT2D eigenvalue weighted by molar-refractivity contribution is 6.35. The van der Waals surface area contributed by atoms with E-state index in [4.69, 9.17) is 28.9 Å². The SMILES string of the molecule is NC(=O)N(c1cc(Cl)cc(Cl)c1)c1ncn[nH]1. The first-order valence-corrected chi connectivity index (χ1v) is 5.24. The lowest BCUT2D eigenvalue weighted by Gasteiger charge is -2.17. The molecule has 0 unspecified atom stereocenters. The van der Waals surface area contributed by atoms with E-state index in [9.17, 15) is 4.79 Å². The number of carbonyl (C=O) groups excluding carboxylic acids is 1. The van der Waals surface area contributed by atoms with Gasteiger partial charge in [0.25, 0.3) is 0 Å². The number of hydrogen-bond donors (Lipinski definition) is 2. The molecular formula is C9H7Cl2N5O. The summed E-state index contributed by atoms with van der Waals surface area (Å²) in [6.07, 6.45) is 1.26. The molecule has 0 aliphatic heterocycles. The van der Waals surface area contributed by atoms with Gasteiger partial charge >= 0.3 is 6.03 Å². The van der Waals surface area contributed by atoms with Crippen molar-refractivity contribution in [2.75, 3.05) is 4.90 Å².